The van der Waals surface area contributed by atoms with E-state index in [-0.39, 0.29) is 22.4 Å². The molecule has 0 fully saturated rings. The maximum Gasteiger partial charge on any atom is 0.289 e. The van der Waals surface area contributed by atoms with Gasteiger partial charge < -0.3 is 9.88 Å². The summed E-state index contributed by atoms with van der Waals surface area (Å²) >= 11 is 7.05. The first kappa shape index (κ1) is 20.8. The number of amides is 1. The topological polar surface area (TPSA) is 103 Å². The molecule has 0 spiro atoms. The fraction of sp³-hybridized carbons (Fsp3) is 0.211. The zero-order valence-corrected chi connectivity index (χ0v) is 17.1. The van der Waals surface area contributed by atoms with Crippen molar-refractivity contribution in [2.75, 3.05) is 11.1 Å². The van der Waals surface area contributed by atoms with Crippen LogP contribution in [0.25, 0.3) is 0 Å². The molecule has 0 unspecified atom stereocenters. The molecule has 0 saturated carbocycles. The van der Waals surface area contributed by atoms with Crippen LogP contribution in [0.5, 0.6) is 0 Å². The van der Waals surface area contributed by atoms with E-state index in [0.717, 1.165) is 11.4 Å². The largest absolute Gasteiger partial charge is 0.325 e. The summed E-state index contributed by atoms with van der Waals surface area (Å²) in [5, 5.41) is 22.7. The van der Waals surface area contributed by atoms with Gasteiger partial charge in [0.05, 0.1) is 10.7 Å². The monoisotopic (exact) mass is 431 g/mol. The van der Waals surface area contributed by atoms with Gasteiger partial charge in [-0.2, -0.15) is 0 Å². The van der Waals surface area contributed by atoms with Crippen molar-refractivity contribution in [1.29, 1.82) is 0 Å². The molecule has 3 rings (SSSR count). The van der Waals surface area contributed by atoms with E-state index in [1.54, 1.807) is 0 Å². The molecule has 0 aliphatic heterocycles. The predicted octanol–water partition coefficient (Wildman–Crippen LogP) is 4.18. The third kappa shape index (κ3) is 5.33. The van der Waals surface area contributed by atoms with Gasteiger partial charge in [0.15, 0.2) is 5.16 Å². The molecule has 10 heteroatoms. The van der Waals surface area contributed by atoms with E-state index >= 15 is 0 Å². The fourth-order valence-corrected chi connectivity index (χ4v) is 3.72. The zero-order valence-electron chi connectivity index (χ0n) is 15.5. The van der Waals surface area contributed by atoms with Gasteiger partial charge in [-0.1, -0.05) is 53.7 Å². The normalized spacial score (nSPS) is 10.7. The van der Waals surface area contributed by atoms with Crippen LogP contribution in [0.3, 0.4) is 0 Å². The molecule has 1 aromatic heterocycles. The van der Waals surface area contributed by atoms with Gasteiger partial charge in [-0.15, -0.1) is 10.2 Å². The Labute approximate surface area is 176 Å². The van der Waals surface area contributed by atoms with Crippen molar-refractivity contribution < 1.29 is 9.72 Å². The standard InChI is InChI=1S/C19H18ClN5O3S/c1-2-24-17(10-13-6-4-3-5-7-13)22-23-19(24)29-12-18(26)21-14-8-9-15(20)16(11-14)25(27)28/h3-9,11H,2,10,12H2,1H3,(H,21,26). The van der Waals surface area contributed by atoms with Gasteiger partial charge in [0, 0.05) is 24.7 Å². The van der Waals surface area contributed by atoms with E-state index in [9.17, 15) is 14.9 Å². The lowest BCUT2D eigenvalue weighted by atomic mass is 10.1. The lowest BCUT2D eigenvalue weighted by molar-refractivity contribution is -0.384. The van der Waals surface area contributed by atoms with Gasteiger partial charge in [-0.25, -0.2) is 0 Å². The summed E-state index contributed by atoms with van der Waals surface area (Å²) in [6.07, 6.45) is 0.656. The highest BCUT2D eigenvalue weighted by Gasteiger charge is 2.16. The third-order valence-corrected chi connectivity index (χ3v) is 5.36. The minimum atomic E-state index is -0.593. The van der Waals surface area contributed by atoms with Gasteiger partial charge in [-0.3, -0.25) is 14.9 Å². The minimum absolute atomic E-state index is 0.0179. The summed E-state index contributed by atoms with van der Waals surface area (Å²) in [5.41, 5.74) is 1.19. The van der Waals surface area contributed by atoms with Crippen molar-refractivity contribution in [3.05, 3.63) is 75.1 Å². The zero-order chi connectivity index (χ0) is 20.8. The molecule has 1 amide bonds. The Morgan fingerprint density at radius 2 is 2.00 bits per heavy atom. The Morgan fingerprint density at radius 3 is 2.69 bits per heavy atom. The second-order valence-corrected chi connectivity index (χ2v) is 7.42. The number of nitro groups is 1. The van der Waals surface area contributed by atoms with Crippen LogP contribution < -0.4 is 5.32 Å². The number of hydrogen-bond donors (Lipinski definition) is 1. The molecule has 0 radical (unpaired) electrons. The molecule has 0 aliphatic carbocycles. The highest BCUT2D eigenvalue weighted by molar-refractivity contribution is 7.99. The number of aromatic nitrogens is 3. The summed E-state index contributed by atoms with van der Waals surface area (Å²) in [7, 11) is 0. The number of nitrogens with one attached hydrogen (secondary N) is 1. The molecule has 29 heavy (non-hydrogen) atoms. The van der Waals surface area contributed by atoms with E-state index in [2.05, 4.69) is 15.5 Å². The van der Waals surface area contributed by atoms with Crippen molar-refractivity contribution in [2.24, 2.45) is 0 Å². The molecule has 0 bridgehead atoms. The Bertz CT molecular complexity index is 1030. The number of nitro benzene ring substituents is 1. The number of anilines is 1. The number of hydrogen-bond acceptors (Lipinski definition) is 6. The van der Waals surface area contributed by atoms with Gasteiger partial charge in [-0.05, 0) is 24.6 Å². The van der Waals surface area contributed by atoms with Gasteiger partial charge in [0.1, 0.15) is 10.8 Å². The van der Waals surface area contributed by atoms with Crippen LogP contribution in [0.1, 0.15) is 18.3 Å². The highest BCUT2D eigenvalue weighted by Crippen LogP contribution is 2.27. The molecular weight excluding hydrogens is 414 g/mol. The second-order valence-electron chi connectivity index (χ2n) is 6.07. The van der Waals surface area contributed by atoms with Crippen LogP contribution in [-0.4, -0.2) is 31.3 Å². The van der Waals surface area contributed by atoms with Crippen LogP contribution in [0.15, 0.2) is 53.7 Å². The van der Waals surface area contributed by atoms with Crippen LogP contribution in [-0.2, 0) is 17.8 Å². The lowest BCUT2D eigenvalue weighted by Gasteiger charge is -2.08. The van der Waals surface area contributed by atoms with Crippen LogP contribution >= 0.6 is 23.4 Å². The molecular formula is C19H18ClN5O3S. The molecule has 1 heterocycles. The third-order valence-electron chi connectivity index (χ3n) is 4.07. The Kier molecular flexibility index (Phi) is 6.84. The van der Waals surface area contributed by atoms with Gasteiger partial charge in [0.2, 0.25) is 5.91 Å². The first-order valence-corrected chi connectivity index (χ1v) is 10.2. The van der Waals surface area contributed by atoms with Crippen molar-refractivity contribution in [3.63, 3.8) is 0 Å². The number of carbonyl (C=O) groups is 1. The summed E-state index contributed by atoms with van der Waals surface area (Å²) < 4.78 is 1.97. The average molecular weight is 432 g/mol. The molecule has 3 aromatic rings. The Balaban J connectivity index is 1.63. The maximum absolute atomic E-state index is 12.3. The molecule has 0 aliphatic rings. The number of nitrogens with zero attached hydrogens (tertiary/aromatic N) is 4. The van der Waals surface area contributed by atoms with Gasteiger partial charge >= 0.3 is 0 Å². The fourth-order valence-electron chi connectivity index (χ4n) is 2.71. The highest BCUT2D eigenvalue weighted by atomic mass is 35.5. The van der Waals surface area contributed by atoms with E-state index in [0.29, 0.717) is 23.8 Å². The summed E-state index contributed by atoms with van der Waals surface area (Å²) in [6, 6.07) is 14.1. The summed E-state index contributed by atoms with van der Waals surface area (Å²) in [5.74, 6) is 0.622. The molecule has 1 N–H and O–H groups in total. The van der Waals surface area contributed by atoms with Crippen molar-refractivity contribution in [2.45, 2.75) is 25.0 Å². The number of halogens is 1. The summed E-state index contributed by atoms with van der Waals surface area (Å²) in [4.78, 5) is 22.6. The smallest absolute Gasteiger partial charge is 0.289 e. The number of carbonyl (C=O) groups excluding carboxylic acids is 1. The quantitative estimate of drug-likeness (QED) is 0.326. The van der Waals surface area contributed by atoms with E-state index in [4.69, 9.17) is 11.6 Å². The number of benzene rings is 2. The Morgan fingerprint density at radius 1 is 1.24 bits per heavy atom. The molecule has 0 atom stereocenters. The molecule has 8 nitrogen and oxygen atoms in total. The van der Waals surface area contributed by atoms with Crippen LogP contribution in [0, 0.1) is 10.1 Å². The first-order chi connectivity index (χ1) is 14.0. The molecule has 2 aromatic carbocycles. The van der Waals surface area contributed by atoms with Crippen molar-refractivity contribution in [3.8, 4) is 0 Å². The van der Waals surface area contributed by atoms with E-state index in [1.807, 2.05) is 41.8 Å². The Hall–Kier alpha value is -2.91. The molecule has 0 saturated heterocycles. The first-order valence-electron chi connectivity index (χ1n) is 8.80. The van der Waals surface area contributed by atoms with Crippen LogP contribution in [0.4, 0.5) is 11.4 Å². The second kappa shape index (κ2) is 9.53. The SMILES string of the molecule is CCn1c(Cc2ccccc2)nnc1SCC(=O)Nc1ccc(Cl)c([N+](=O)[O-])c1. The van der Waals surface area contributed by atoms with Gasteiger partial charge in [0.25, 0.3) is 5.69 Å². The average Bonchev–Trinajstić information content (AvgIpc) is 3.10. The molecule has 150 valence electrons. The number of rotatable bonds is 8. The van der Waals surface area contributed by atoms with Crippen molar-refractivity contribution >= 4 is 40.6 Å². The maximum atomic E-state index is 12.3. The summed E-state index contributed by atoms with van der Waals surface area (Å²) in [6.45, 7) is 2.68. The lowest BCUT2D eigenvalue weighted by Crippen LogP contribution is -2.15. The number of thioether (sulfide) groups is 1. The van der Waals surface area contributed by atoms with Crippen LogP contribution in [0.2, 0.25) is 5.02 Å². The van der Waals surface area contributed by atoms with Crippen molar-refractivity contribution in [1.82, 2.24) is 14.8 Å². The predicted molar refractivity (Wildman–Crippen MR) is 112 cm³/mol. The van der Waals surface area contributed by atoms with E-state index in [1.165, 1.54) is 30.0 Å². The minimum Gasteiger partial charge on any atom is -0.325 e. The van der Waals surface area contributed by atoms with E-state index < -0.39 is 4.92 Å².